The van der Waals surface area contributed by atoms with Crippen molar-refractivity contribution in [3.63, 3.8) is 0 Å². The monoisotopic (exact) mass is 426 g/mol. The van der Waals surface area contributed by atoms with E-state index in [9.17, 15) is 4.39 Å². The number of fused-ring (bicyclic) bond motifs is 1. The van der Waals surface area contributed by atoms with Crippen LogP contribution in [0.4, 0.5) is 10.2 Å². The van der Waals surface area contributed by atoms with Gasteiger partial charge in [0.1, 0.15) is 11.6 Å². The van der Waals surface area contributed by atoms with Gasteiger partial charge >= 0.3 is 0 Å². The maximum Gasteiger partial charge on any atom is 0.162 e. The Bertz CT molecular complexity index is 1300. The topological polar surface area (TPSA) is 66.8 Å². The van der Waals surface area contributed by atoms with Gasteiger partial charge in [0.05, 0.1) is 11.7 Å². The van der Waals surface area contributed by atoms with Crippen LogP contribution in [-0.4, -0.2) is 46.1 Å². The van der Waals surface area contributed by atoms with Crippen LogP contribution >= 0.6 is 0 Å². The number of benzene rings is 1. The number of pyridine rings is 2. The van der Waals surface area contributed by atoms with Crippen molar-refractivity contribution < 1.29 is 4.39 Å². The molecule has 0 radical (unpaired) electrons. The molecule has 2 aliphatic rings. The summed E-state index contributed by atoms with van der Waals surface area (Å²) < 4.78 is 14.6. The molecule has 1 N–H and O–H groups in total. The van der Waals surface area contributed by atoms with Crippen molar-refractivity contribution in [1.29, 1.82) is 0 Å². The molecule has 3 aromatic heterocycles. The molecule has 0 amide bonds. The maximum atomic E-state index is 14.6. The lowest BCUT2D eigenvalue weighted by Crippen LogP contribution is -2.44. The molecule has 1 saturated heterocycles. The van der Waals surface area contributed by atoms with Crippen LogP contribution in [0.2, 0.25) is 0 Å². The van der Waals surface area contributed by atoms with Crippen molar-refractivity contribution in [2.24, 2.45) is 0 Å². The van der Waals surface area contributed by atoms with Gasteiger partial charge in [0.25, 0.3) is 0 Å². The molecule has 1 aliphatic heterocycles. The number of hydrogen-bond donors (Lipinski definition) is 1. The molecule has 0 unspecified atom stereocenters. The Hall–Kier alpha value is -3.45. The van der Waals surface area contributed by atoms with Gasteiger partial charge in [0.2, 0.25) is 0 Å². The molecule has 160 valence electrons. The van der Waals surface area contributed by atoms with Gasteiger partial charge in [-0.2, -0.15) is 0 Å². The van der Waals surface area contributed by atoms with E-state index in [4.69, 9.17) is 9.97 Å². The molecule has 7 heteroatoms. The Labute approximate surface area is 185 Å². The van der Waals surface area contributed by atoms with Crippen LogP contribution in [0, 0.1) is 5.82 Å². The first-order chi connectivity index (χ1) is 15.8. The second-order valence-corrected chi connectivity index (χ2v) is 8.41. The van der Waals surface area contributed by atoms with E-state index in [1.54, 1.807) is 24.5 Å². The lowest BCUT2D eigenvalue weighted by atomic mass is 10.0. The highest BCUT2D eigenvalue weighted by molar-refractivity contribution is 5.95. The molecular weight excluding hydrogens is 403 g/mol. The van der Waals surface area contributed by atoms with Crippen LogP contribution < -0.4 is 10.2 Å². The summed E-state index contributed by atoms with van der Waals surface area (Å²) in [5.41, 5.74) is 4.02. The summed E-state index contributed by atoms with van der Waals surface area (Å²) in [6, 6.07) is 8.61. The van der Waals surface area contributed by atoms with E-state index in [1.807, 2.05) is 24.5 Å². The van der Waals surface area contributed by atoms with Gasteiger partial charge in [0.15, 0.2) is 5.82 Å². The molecule has 1 saturated carbocycles. The minimum absolute atomic E-state index is 0.289. The number of nitrogens with one attached hydrogen (secondary N) is 1. The van der Waals surface area contributed by atoms with Crippen molar-refractivity contribution in [2.75, 3.05) is 31.1 Å². The Kier molecular flexibility index (Phi) is 4.76. The quantitative estimate of drug-likeness (QED) is 0.528. The van der Waals surface area contributed by atoms with E-state index in [-0.39, 0.29) is 5.82 Å². The highest BCUT2D eigenvalue weighted by Crippen LogP contribution is 2.45. The Morgan fingerprint density at radius 1 is 0.875 bits per heavy atom. The Balaban J connectivity index is 1.58. The van der Waals surface area contributed by atoms with Crippen LogP contribution in [0.15, 0.2) is 55.1 Å². The maximum absolute atomic E-state index is 14.6. The molecule has 6 rings (SSSR count). The molecule has 6 nitrogen and oxygen atoms in total. The molecule has 1 aromatic carbocycles. The summed E-state index contributed by atoms with van der Waals surface area (Å²) in [4.78, 5) is 21.1. The van der Waals surface area contributed by atoms with Crippen LogP contribution in [0.25, 0.3) is 33.4 Å². The summed E-state index contributed by atoms with van der Waals surface area (Å²) in [6.45, 7) is 3.60. The zero-order chi connectivity index (χ0) is 21.5. The summed E-state index contributed by atoms with van der Waals surface area (Å²) in [5.74, 6) is 1.77. The first-order valence-electron chi connectivity index (χ1n) is 11.1. The molecule has 4 heterocycles. The third-order valence-electron chi connectivity index (χ3n) is 6.28. The fraction of sp³-hybridized carbons (Fsp3) is 0.280. The summed E-state index contributed by atoms with van der Waals surface area (Å²) >= 11 is 0. The fourth-order valence-electron chi connectivity index (χ4n) is 4.50. The summed E-state index contributed by atoms with van der Waals surface area (Å²) in [6.07, 6.45) is 9.56. The van der Waals surface area contributed by atoms with Crippen LogP contribution in [0.1, 0.15) is 24.3 Å². The average molecular weight is 426 g/mol. The molecular formula is C25H23FN6. The number of aromatic nitrogens is 4. The van der Waals surface area contributed by atoms with Crippen molar-refractivity contribution in [3.05, 3.63) is 66.5 Å². The van der Waals surface area contributed by atoms with Crippen molar-refractivity contribution in [3.8, 4) is 22.5 Å². The largest absolute Gasteiger partial charge is 0.353 e. The van der Waals surface area contributed by atoms with Gasteiger partial charge in [-0.05, 0) is 36.5 Å². The van der Waals surface area contributed by atoms with E-state index in [2.05, 4.69) is 20.2 Å². The van der Waals surface area contributed by atoms with E-state index in [1.165, 1.54) is 24.5 Å². The predicted molar refractivity (Wildman–Crippen MR) is 123 cm³/mol. The molecule has 2 fully saturated rings. The predicted octanol–water partition coefficient (Wildman–Crippen LogP) is 4.18. The summed E-state index contributed by atoms with van der Waals surface area (Å²) in [5, 5.41) is 4.52. The minimum Gasteiger partial charge on any atom is -0.353 e. The smallest absolute Gasteiger partial charge is 0.162 e. The molecule has 0 atom stereocenters. The molecule has 4 aromatic rings. The zero-order valence-electron chi connectivity index (χ0n) is 17.6. The second-order valence-electron chi connectivity index (χ2n) is 8.41. The van der Waals surface area contributed by atoms with Gasteiger partial charge in [-0.25, -0.2) is 14.4 Å². The van der Waals surface area contributed by atoms with Gasteiger partial charge in [-0.3, -0.25) is 9.97 Å². The second kappa shape index (κ2) is 7.91. The fourth-order valence-corrected chi connectivity index (χ4v) is 4.50. The van der Waals surface area contributed by atoms with Crippen LogP contribution in [0.3, 0.4) is 0 Å². The summed E-state index contributed by atoms with van der Waals surface area (Å²) in [7, 11) is 0. The number of halogens is 1. The third-order valence-corrected chi connectivity index (χ3v) is 6.28. The number of nitrogens with zero attached hydrogens (tertiary/aromatic N) is 5. The molecule has 32 heavy (non-hydrogen) atoms. The highest BCUT2D eigenvalue weighted by Gasteiger charge is 2.29. The normalized spacial score (nSPS) is 16.5. The van der Waals surface area contributed by atoms with Crippen molar-refractivity contribution >= 4 is 16.7 Å². The molecule has 1 aliphatic carbocycles. The number of hydrogen-bond acceptors (Lipinski definition) is 6. The van der Waals surface area contributed by atoms with E-state index in [0.717, 1.165) is 48.5 Å². The lowest BCUT2D eigenvalue weighted by molar-refractivity contribution is 0.586. The average Bonchev–Trinajstić information content (AvgIpc) is 3.69. The van der Waals surface area contributed by atoms with E-state index < -0.39 is 0 Å². The van der Waals surface area contributed by atoms with E-state index >= 15 is 0 Å². The van der Waals surface area contributed by atoms with Gasteiger partial charge in [-0.15, -0.1) is 0 Å². The van der Waals surface area contributed by atoms with Gasteiger partial charge in [0, 0.05) is 66.8 Å². The molecule has 0 spiro atoms. The van der Waals surface area contributed by atoms with Crippen molar-refractivity contribution in [1.82, 2.24) is 25.3 Å². The SMILES string of the molecule is Fc1ccccc1-c1cnccc1-c1nc(N2CCNCC2)c2c(C3CC3)cncc2n1. The minimum atomic E-state index is -0.289. The number of piperazine rings is 1. The Morgan fingerprint density at radius 3 is 2.53 bits per heavy atom. The lowest BCUT2D eigenvalue weighted by Gasteiger charge is -2.30. The number of anilines is 1. The third kappa shape index (κ3) is 3.39. The van der Waals surface area contributed by atoms with Gasteiger partial charge < -0.3 is 10.2 Å². The van der Waals surface area contributed by atoms with Crippen LogP contribution in [0.5, 0.6) is 0 Å². The standard InChI is InChI=1S/C25H23FN6/c26-21-4-2-1-3-17(21)20-14-28-8-7-18(20)24-30-22-15-29-13-19(16-5-6-16)23(22)25(31-24)32-11-9-27-10-12-32/h1-4,7-8,13-16,27H,5-6,9-12H2. The van der Waals surface area contributed by atoms with Gasteiger partial charge in [-0.1, -0.05) is 18.2 Å². The molecule has 0 bridgehead atoms. The van der Waals surface area contributed by atoms with E-state index in [0.29, 0.717) is 22.9 Å². The zero-order valence-corrected chi connectivity index (χ0v) is 17.6. The Morgan fingerprint density at radius 2 is 1.72 bits per heavy atom. The van der Waals surface area contributed by atoms with Crippen molar-refractivity contribution in [2.45, 2.75) is 18.8 Å². The highest BCUT2D eigenvalue weighted by atomic mass is 19.1. The first-order valence-corrected chi connectivity index (χ1v) is 11.1. The first kappa shape index (κ1) is 19.3. The van der Waals surface area contributed by atoms with Crippen LogP contribution in [-0.2, 0) is 0 Å². The number of rotatable bonds is 4.